The average Bonchev–Trinajstić information content (AvgIpc) is 2.71. The topological polar surface area (TPSA) is 78.5 Å². The van der Waals surface area contributed by atoms with Crippen LogP contribution in [-0.4, -0.2) is 45.1 Å². The van der Waals surface area contributed by atoms with Crippen molar-refractivity contribution in [3.63, 3.8) is 0 Å². The van der Waals surface area contributed by atoms with Crippen molar-refractivity contribution in [3.8, 4) is 0 Å². The third-order valence-electron chi connectivity index (χ3n) is 5.60. The Kier molecular flexibility index (Phi) is 7.50. The van der Waals surface area contributed by atoms with E-state index in [2.05, 4.69) is 34.0 Å². The minimum Gasteiger partial charge on any atom is -0.354 e. The second kappa shape index (κ2) is 10.1. The third kappa shape index (κ3) is 6.57. The van der Waals surface area contributed by atoms with Gasteiger partial charge in [-0.3, -0.25) is 14.4 Å². The van der Waals surface area contributed by atoms with Gasteiger partial charge in [-0.2, -0.15) is 0 Å². The van der Waals surface area contributed by atoms with Gasteiger partial charge in [0.1, 0.15) is 0 Å². The van der Waals surface area contributed by atoms with E-state index in [9.17, 15) is 13.2 Å². The van der Waals surface area contributed by atoms with Gasteiger partial charge in [0.15, 0.2) is 0 Å². The van der Waals surface area contributed by atoms with Crippen molar-refractivity contribution in [2.75, 3.05) is 30.6 Å². The van der Waals surface area contributed by atoms with Crippen LogP contribution in [0.15, 0.2) is 54.6 Å². The number of nitrogens with one attached hydrogen (secondary N) is 2. The Morgan fingerprint density at radius 1 is 1.07 bits per heavy atom. The van der Waals surface area contributed by atoms with Crippen molar-refractivity contribution >= 4 is 21.6 Å². The first-order valence-corrected chi connectivity index (χ1v) is 12.3. The van der Waals surface area contributed by atoms with Crippen LogP contribution in [0.25, 0.3) is 0 Å². The van der Waals surface area contributed by atoms with Gasteiger partial charge in [-0.15, -0.1) is 0 Å². The highest BCUT2D eigenvalue weighted by molar-refractivity contribution is 7.92. The average molecular weight is 430 g/mol. The van der Waals surface area contributed by atoms with Crippen molar-refractivity contribution in [1.29, 1.82) is 0 Å². The quantitative estimate of drug-likeness (QED) is 0.676. The normalized spacial score (nSPS) is 16.7. The van der Waals surface area contributed by atoms with Gasteiger partial charge in [0, 0.05) is 6.54 Å². The largest absolute Gasteiger partial charge is 0.354 e. The summed E-state index contributed by atoms with van der Waals surface area (Å²) in [5.74, 6) is 0.621. The van der Waals surface area contributed by atoms with E-state index in [0.717, 1.165) is 25.3 Å². The van der Waals surface area contributed by atoms with Crippen LogP contribution in [-0.2, 0) is 21.2 Å². The van der Waals surface area contributed by atoms with Crippen LogP contribution in [0.4, 0.5) is 5.69 Å². The summed E-state index contributed by atoms with van der Waals surface area (Å²) in [6.45, 7) is 4.87. The number of likely N-dealkylation sites (tertiary alicyclic amines) is 1. The highest BCUT2D eigenvalue weighted by Gasteiger charge is 2.25. The predicted molar refractivity (Wildman–Crippen MR) is 121 cm³/mol. The van der Waals surface area contributed by atoms with E-state index in [0.29, 0.717) is 17.8 Å². The third-order valence-corrected chi connectivity index (χ3v) is 6.19. The van der Waals surface area contributed by atoms with Crippen LogP contribution in [0.2, 0.25) is 0 Å². The molecule has 0 radical (unpaired) electrons. The lowest BCUT2D eigenvalue weighted by Gasteiger charge is -2.37. The number of anilines is 1. The number of sulfonamides is 1. The minimum atomic E-state index is -3.40. The molecule has 1 aliphatic heterocycles. The first-order chi connectivity index (χ1) is 14.3. The van der Waals surface area contributed by atoms with Gasteiger partial charge in [0.25, 0.3) is 0 Å². The summed E-state index contributed by atoms with van der Waals surface area (Å²) in [4.78, 5) is 15.1. The summed E-state index contributed by atoms with van der Waals surface area (Å²) in [5, 5.41) is 3.07. The van der Waals surface area contributed by atoms with Gasteiger partial charge >= 0.3 is 0 Å². The fourth-order valence-electron chi connectivity index (χ4n) is 3.89. The van der Waals surface area contributed by atoms with Gasteiger partial charge in [0.2, 0.25) is 15.9 Å². The standard InChI is InChI=1S/C23H31N3O3S/c1-18-12-14-26(15-13-18)22(19-8-4-3-5-9-19)17-24-23(27)16-20-10-6-7-11-21(20)25-30(2,28)29/h3-11,18,22,25H,12-17H2,1-2H3,(H,24,27). The number of carbonyl (C=O) groups excluding carboxylic acids is 1. The van der Waals surface area contributed by atoms with Gasteiger partial charge in [0.05, 0.1) is 24.4 Å². The van der Waals surface area contributed by atoms with E-state index < -0.39 is 10.0 Å². The van der Waals surface area contributed by atoms with Crippen molar-refractivity contribution in [2.45, 2.75) is 32.2 Å². The molecule has 1 amide bonds. The minimum absolute atomic E-state index is 0.121. The van der Waals surface area contributed by atoms with Crippen molar-refractivity contribution in [2.24, 2.45) is 5.92 Å². The summed E-state index contributed by atoms with van der Waals surface area (Å²) in [7, 11) is -3.40. The zero-order valence-corrected chi connectivity index (χ0v) is 18.5. The summed E-state index contributed by atoms with van der Waals surface area (Å²) < 4.78 is 25.7. The molecular formula is C23H31N3O3S. The maximum absolute atomic E-state index is 12.7. The lowest BCUT2D eigenvalue weighted by Crippen LogP contribution is -2.42. The van der Waals surface area contributed by atoms with Crippen LogP contribution in [0.1, 0.15) is 36.9 Å². The molecule has 1 atom stereocenters. The number of para-hydroxylation sites is 1. The molecule has 0 aromatic heterocycles. The Balaban J connectivity index is 1.67. The smallest absolute Gasteiger partial charge is 0.229 e. The second-order valence-electron chi connectivity index (χ2n) is 8.16. The SMILES string of the molecule is CC1CCN(C(CNC(=O)Cc2ccccc2NS(C)(=O)=O)c2ccccc2)CC1. The second-order valence-corrected chi connectivity index (χ2v) is 9.91. The van der Waals surface area contributed by atoms with Crippen LogP contribution < -0.4 is 10.0 Å². The van der Waals surface area contributed by atoms with Gasteiger partial charge in [-0.05, 0) is 49.0 Å². The molecule has 2 aromatic rings. The first kappa shape index (κ1) is 22.3. The molecule has 7 heteroatoms. The number of hydrogen-bond donors (Lipinski definition) is 2. The van der Waals surface area contributed by atoms with Crippen LogP contribution in [0.3, 0.4) is 0 Å². The molecule has 0 aliphatic carbocycles. The molecule has 6 nitrogen and oxygen atoms in total. The molecule has 1 aliphatic rings. The number of nitrogens with zero attached hydrogens (tertiary/aromatic N) is 1. The summed E-state index contributed by atoms with van der Waals surface area (Å²) in [5.41, 5.74) is 2.30. The Morgan fingerprint density at radius 3 is 2.37 bits per heavy atom. The molecule has 1 saturated heterocycles. The molecule has 2 aromatic carbocycles. The number of benzene rings is 2. The lowest BCUT2D eigenvalue weighted by molar-refractivity contribution is -0.120. The lowest BCUT2D eigenvalue weighted by atomic mass is 9.95. The molecule has 0 saturated carbocycles. The molecular weight excluding hydrogens is 398 g/mol. The molecule has 3 rings (SSSR count). The van der Waals surface area contributed by atoms with Crippen molar-refractivity contribution in [1.82, 2.24) is 10.2 Å². The molecule has 162 valence electrons. The van der Waals surface area contributed by atoms with Crippen LogP contribution >= 0.6 is 0 Å². The number of hydrogen-bond acceptors (Lipinski definition) is 4. The fraction of sp³-hybridized carbons (Fsp3) is 0.435. The fourth-order valence-corrected chi connectivity index (χ4v) is 4.49. The Morgan fingerprint density at radius 2 is 1.70 bits per heavy atom. The predicted octanol–water partition coefficient (Wildman–Crippen LogP) is 3.19. The molecule has 0 bridgehead atoms. The van der Waals surface area contributed by atoms with Crippen molar-refractivity contribution < 1.29 is 13.2 Å². The first-order valence-electron chi connectivity index (χ1n) is 10.4. The Labute approximate surface area is 179 Å². The molecule has 2 N–H and O–H groups in total. The molecule has 0 spiro atoms. The summed E-state index contributed by atoms with van der Waals surface area (Å²) in [6, 6.07) is 17.4. The van der Waals surface area contributed by atoms with Crippen LogP contribution in [0, 0.1) is 5.92 Å². The number of carbonyl (C=O) groups is 1. The maximum atomic E-state index is 12.7. The highest BCUT2D eigenvalue weighted by atomic mass is 32.2. The maximum Gasteiger partial charge on any atom is 0.229 e. The summed E-state index contributed by atoms with van der Waals surface area (Å²) >= 11 is 0. The molecule has 30 heavy (non-hydrogen) atoms. The van der Waals surface area contributed by atoms with Gasteiger partial charge in [-0.1, -0.05) is 55.5 Å². The number of rotatable bonds is 8. The molecule has 1 unspecified atom stereocenters. The number of amides is 1. The Bertz CT molecular complexity index is 939. The van der Waals surface area contributed by atoms with Gasteiger partial charge < -0.3 is 5.32 Å². The van der Waals surface area contributed by atoms with E-state index in [4.69, 9.17) is 0 Å². The number of piperidine rings is 1. The zero-order chi connectivity index (χ0) is 21.6. The van der Waals surface area contributed by atoms with E-state index in [1.165, 1.54) is 18.4 Å². The Hall–Kier alpha value is -2.38. The van der Waals surface area contributed by atoms with Crippen molar-refractivity contribution in [3.05, 3.63) is 65.7 Å². The van der Waals surface area contributed by atoms with E-state index in [-0.39, 0.29) is 18.4 Å². The monoisotopic (exact) mass is 429 g/mol. The molecule has 1 heterocycles. The van der Waals surface area contributed by atoms with Crippen LogP contribution in [0.5, 0.6) is 0 Å². The summed E-state index contributed by atoms with van der Waals surface area (Å²) in [6.07, 6.45) is 3.56. The zero-order valence-electron chi connectivity index (χ0n) is 17.7. The van der Waals surface area contributed by atoms with E-state index in [1.807, 2.05) is 18.2 Å². The van der Waals surface area contributed by atoms with E-state index >= 15 is 0 Å². The molecule has 1 fully saturated rings. The van der Waals surface area contributed by atoms with Gasteiger partial charge in [-0.25, -0.2) is 8.42 Å². The van der Waals surface area contributed by atoms with E-state index in [1.54, 1.807) is 24.3 Å². The highest BCUT2D eigenvalue weighted by Crippen LogP contribution is 2.26.